The summed E-state index contributed by atoms with van der Waals surface area (Å²) >= 11 is 0. The van der Waals surface area contributed by atoms with Gasteiger partial charge in [-0.1, -0.05) is 42.5 Å². The number of allylic oxidation sites excluding steroid dienone is 1. The van der Waals surface area contributed by atoms with Crippen LogP contribution < -0.4 is 0 Å². The fourth-order valence-corrected chi connectivity index (χ4v) is 3.73. The number of ether oxygens (including phenoxy) is 2. The maximum absolute atomic E-state index is 13.0. The first-order valence-corrected chi connectivity index (χ1v) is 9.02. The van der Waals surface area contributed by atoms with Crippen LogP contribution in [0, 0.1) is 11.7 Å². The predicted molar refractivity (Wildman–Crippen MR) is 96.6 cm³/mol. The van der Waals surface area contributed by atoms with Gasteiger partial charge in [0.15, 0.2) is 5.78 Å². The lowest BCUT2D eigenvalue weighted by atomic mass is 9.78. The highest BCUT2D eigenvalue weighted by Gasteiger charge is 2.40. The van der Waals surface area contributed by atoms with Crippen molar-refractivity contribution in [3.05, 3.63) is 77.8 Å². The SMILES string of the molecule is O=C1C(c2ccccc2)=COC2CC(OCc3ccc(F)cc3)CCC12. The molecule has 3 nitrogen and oxygen atoms in total. The fourth-order valence-electron chi connectivity index (χ4n) is 3.73. The highest BCUT2D eigenvalue weighted by atomic mass is 19.1. The van der Waals surface area contributed by atoms with Crippen LogP contribution in [0.3, 0.4) is 0 Å². The molecule has 2 aromatic carbocycles. The van der Waals surface area contributed by atoms with Crippen molar-refractivity contribution in [1.82, 2.24) is 0 Å². The first kappa shape index (κ1) is 17.0. The number of carbonyl (C=O) groups excluding carboxylic acids is 1. The summed E-state index contributed by atoms with van der Waals surface area (Å²) in [5, 5.41) is 0. The third kappa shape index (κ3) is 3.56. The smallest absolute Gasteiger partial charge is 0.173 e. The molecule has 1 aliphatic carbocycles. The maximum atomic E-state index is 13.0. The van der Waals surface area contributed by atoms with Crippen molar-refractivity contribution in [2.24, 2.45) is 5.92 Å². The van der Waals surface area contributed by atoms with Crippen molar-refractivity contribution in [2.45, 2.75) is 38.1 Å². The molecule has 0 amide bonds. The summed E-state index contributed by atoms with van der Waals surface area (Å²) in [6, 6.07) is 16.0. The molecule has 0 N–H and O–H groups in total. The minimum Gasteiger partial charge on any atom is -0.496 e. The molecule has 26 heavy (non-hydrogen) atoms. The fraction of sp³-hybridized carbons (Fsp3) is 0.318. The number of hydrogen-bond donors (Lipinski definition) is 0. The average molecular weight is 352 g/mol. The van der Waals surface area contributed by atoms with E-state index >= 15 is 0 Å². The van der Waals surface area contributed by atoms with Gasteiger partial charge in [-0.2, -0.15) is 0 Å². The van der Waals surface area contributed by atoms with E-state index in [0.29, 0.717) is 18.6 Å². The highest BCUT2D eigenvalue weighted by molar-refractivity contribution is 6.22. The average Bonchev–Trinajstić information content (AvgIpc) is 2.68. The van der Waals surface area contributed by atoms with Crippen LogP contribution in [0.15, 0.2) is 60.9 Å². The molecule has 3 atom stereocenters. The molecule has 134 valence electrons. The number of rotatable bonds is 4. The molecule has 2 aromatic rings. The van der Waals surface area contributed by atoms with Gasteiger partial charge < -0.3 is 9.47 Å². The molecule has 0 radical (unpaired) electrons. The summed E-state index contributed by atoms with van der Waals surface area (Å²) in [6.45, 7) is 0.446. The number of ketones is 1. The second kappa shape index (κ2) is 7.42. The Kier molecular flexibility index (Phi) is 4.85. The summed E-state index contributed by atoms with van der Waals surface area (Å²) in [5.74, 6) is -0.172. The van der Waals surface area contributed by atoms with Crippen LogP contribution in [0.1, 0.15) is 30.4 Å². The van der Waals surface area contributed by atoms with Crippen molar-refractivity contribution in [1.29, 1.82) is 0 Å². The number of Topliss-reactive ketones (excluding diaryl/α,β-unsaturated/α-hetero) is 1. The molecule has 3 unspecified atom stereocenters. The Hall–Kier alpha value is -2.46. The molecule has 4 rings (SSSR count). The summed E-state index contributed by atoms with van der Waals surface area (Å²) in [7, 11) is 0. The number of carbonyl (C=O) groups is 1. The van der Waals surface area contributed by atoms with Gasteiger partial charge in [0, 0.05) is 6.42 Å². The molecule has 0 spiro atoms. The van der Waals surface area contributed by atoms with E-state index in [1.54, 1.807) is 18.4 Å². The molecule has 1 saturated carbocycles. The minimum atomic E-state index is -0.246. The van der Waals surface area contributed by atoms with E-state index in [-0.39, 0.29) is 29.7 Å². The molecular formula is C22H21FO3. The first-order valence-electron chi connectivity index (χ1n) is 9.02. The largest absolute Gasteiger partial charge is 0.496 e. The van der Waals surface area contributed by atoms with Crippen molar-refractivity contribution >= 4 is 11.4 Å². The van der Waals surface area contributed by atoms with Crippen LogP contribution in [0.5, 0.6) is 0 Å². The van der Waals surface area contributed by atoms with Crippen molar-refractivity contribution < 1.29 is 18.7 Å². The Morgan fingerprint density at radius 1 is 1.04 bits per heavy atom. The zero-order chi connectivity index (χ0) is 17.9. The summed E-state index contributed by atoms with van der Waals surface area (Å²) in [4.78, 5) is 12.9. The third-order valence-electron chi connectivity index (χ3n) is 5.19. The standard InChI is InChI=1S/C22H21FO3/c23-17-8-6-15(7-9-17)13-25-18-10-11-19-21(12-18)26-14-20(22(19)24)16-4-2-1-3-5-16/h1-9,14,18-19,21H,10-13H2. The van der Waals surface area contributed by atoms with Gasteiger partial charge in [-0.05, 0) is 36.1 Å². The topological polar surface area (TPSA) is 35.5 Å². The van der Waals surface area contributed by atoms with Gasteiger partial charge in [0.25, 0.3) is 0 Å². The van der Waals surface area contributed by atoms with E-state index in [4.69, 9.17) is 9.47 Å². The van der Waals surface area contributed by atoms with Crippen LogP contribution in [-0.4, -0.2) is 18.0 Å². The zero-order valence-electron chi connectivity index (χ0n) is 14.4. The third-order valence-corrected chi connectivity index (χ3v) is 5.19. The van der Waals surface area contributed by atoms with Crippen LogP contribution in [0.25, 0.3) is 5.57 Å². The Morgan fingerprint density at radius 3 is 2.58 bits per heavy atom. The van der Waals surface area contributed by atoms with Crippen LogP contribution in [-0.2, 0) is 20.9 Å². The Balaban J connectivity index is 1.38. The maximum Gasteiger partial charge on any atom is 0.173 e. The number of hydrogen-bond acceptors (Lipinski definition) is 3. The van der Waals surface area contributed by atoms with Gasteiger partial charge in [0.05, 0.1) is 30.5 Å². The molecule has 0 aromatic heterocycles. The molecule has 2 aliphatic rings. The van der Waals surface area contributed by atoms with E-state index < -0.39 is 0 Å². The van der Waals surface area contributed by atoms with E-state index in [2.05, 4.69) is 0 Å². The van der Waals surface area contributed by atoms with Gasteiger partial charge in [0.1, 0.15) is 11.9 Å². The molecule has 1 heterocycles. The first-order chi connectivity index (χ1) is 12.7. The summed E-state index contributed by atoms with van der Waals surface area (Å²) in [6.07, 6.45) is 3.85. The lowest BCUT2D eigenvalue weighted by molar-refractivity contribution is -0.128. The zero-order valence-corrected chi connectivity index (χ0v) is 14.4. The molecular weight excluding hydrogens is 331 g/mol. The van der Waals surface area contributed by atoms with Gasteiger partial charge in [-0.15, -0.1) is 0 Å². The van der Waals surface area contributed by atoms with Crippen LogP contribution in [0.2, 0.25) is 0 Å². The van der Waals surface area contributed by atoms with E-state index in [9.17, 15) is 9.18 Å². The summed E-state index contributed by atoms with van der Waals surface area (Å²) in [5.41, 5.74) is 2.52. The van der Waals surface area contributed by atoms with Crippen molar-refractivity contribution in [3.63, 3.8) is 0 Å². The lowest BCUT2D eigenvalue weighted by Crippen LogP contribution is -2.41. The molecule has 1 fully saturated rings. The van der Waals surface area contributed by atoms with E-state index in [0.717, 1.165) is 24.0 Å². The molecule has 1 aliphatic heterocycles. The van der Waals surface area contributed by atoms with Gasteiger partial charge >= 0.3 is 0 Å². The normalized spacial score (nSPS) is 25.2. The quantitative estimate of drug-likeness (QED) is 0.812. The Bertz CT molecular complexity index is 798. The van der Waals surface area contributed by atoms with Crippen molar-refractivity contribution in [3.8, 4) is 0 Å². The van der Waals surface area contributed by atoms with Crippen molar-refractivity contribution in [2.75, 3.05) is 0 Å². The lowest BCUT2D eigenvalue weighted by Gasteiger charge is -2.37. The monoisotopic (exact) mass is 352 g/mol. The number of benzene rings is 2. The molecule has 4 heteroatoms. The van der Waals surface area contributed by atoms with Gasteiger partial charge in [-0.25, -0.2) is 4.39 Å². The van der Waals surface area contributed by atoms with Crippen LogP contribution >= 0.6 is 0 Å². The summed E-state index contributed by atoms with van der Waals surface area (Å²) < 4.78 is 24.8. The predicted octanol–water partition coefficient (Wildman–Crippen LogP) is 4.52. The van der Waals surface area contributed by atoms with Gasteiger partial charge in [0.2, 0.25) is 0 Å². The number of halogens is 1. The van der Waals surface area contributed by atoms with E-state index in [1.807, 2.05) is 30.3 Å². The second-order valence-electron chi connectivity index (χ2n) is 6.92. The Morgan fingerprint density at radius 2 is 1.81 bits per heavy atom. The minimum absolute atomic E-state index is 0.0563. The highest BCUT2D eigenvalue weighted by Crippen LogP contribution is 2.37. The molecule has 0 bridgehead atoms. The number of fused-ring (bicyclic) bond motifs is 1. The Labute approximate surface area is 152 Å². The van der Waals surface area contributed by atoms with Gasteiger partial charge in [-0.3, -0.25) is 4.79 Å². The molecule has 0 saturated heterocycles. The second-order valence-corrected chi connectivity index (χ2v) is 6.92. The van der Waals surface area contributed by atoms with Crippen LogP contribution in [0.4, 0.5) is 4.39 Å². The van der Waals surface area contributed by atoms with E-state index in [1.165, 1.54) is 12.1 Å².